The molecule has 0 fully saturated rings. The monoisotopic (exact) mass is 294 g/mol. The number of anilines is 1. The number of carbonyl (C=O) groups is 1. The maximum atomic E-state index is 11.5. The van der Waals surface area contributed by atoms with Crippen LogP contribution in [0.25, 0.3) is 0 Å². The van der Waals surface area contributed by atoms with Crippen molar-refractivity contribution in [2.24, 2.45) is 0 Å². The van der Waals surface area contributed by atoms with E-state index < -0.39 is 36.6 Å². The van der Waals surface area contributed by atoms with Crippen LogP contribution >= 0.6 is 0 Å². The molecule has 0 atom stereocenters. The van der Waals surface area contributed by atoms with Gasteiger partial charge in [0.15, 0.2) is 20.6 Å². The Morgan fingerprint density at radius 1 is 1.39 bits per heavy atom. The van der Waals surface area contributed by atoms with Gasteiger partial charge in [0.05, 0.1) is 5.69 Å². The second-order valence-corrected chi connectivity index (χ2v) is 7.69. The molecule has 0 amide bonds. The van der Waals surface area contributed by atoms with Crippen molar-refractivity contribution in [1.29, 1.82) is 0 Å². The second-order valence-electron chi connectivity index (χ2n) is 3.47. The lowest BCUT2D eigenvalue weighted by Gasteiger charge is -2.08. The summed E-state index contributed by atoms with van der Waals surface area (Å²) in [6, 6.07) is 2.50. The standard InChI is InChI=1S/C8H10N2O6S2/c1-17(13,14)5-18(15,16)10-6-3-2-4-9-7(6)8(11)12/h2-4,10H,5H2,1H3,(H,11,12). The number of rotatable bonds is 5. The lowest BCUT2D eigenvalue weighted by Crippen LogP contribution is -2.23. The van der Waals surface area contributed by atoms with Crippen molar-refractivity contribution in [3.05, 3.63) is 24.0 Å². The first-order valence-corrected chi connectivity index (χ1v) is 8.18. The zero-order valence-corrected chi connectivity index (χ0v) is 10.8. The van der Waals surface area contributed by atoms with Crippen LogP contribution in [0.2, 0.25) is 0 Å². The summed E-state index contributed by atoms with van der Waals surface area (Å²) in [7, 11) is -7.94. The summed E-state index contributed by atoms with van der Waals surface area (Å²) in [4.78, 5) is 14.3. The molecule has 1 rings (SSSR count). The van der Waals surface area contributed by atoms with E-state index in [9.17, 15) is 21.6 Å². The molecule has 2 N–H and O–H groups in total. The Balaban J connectivity index is 3.09. The first-order chi connectivity index (χ1) is 8.11. The lowest BCUT2D eigenvalue weighted by atomic mass is 10.3. The zero-order valence-electron chi connectivity index (χ0n) is 9.19. The minimum atomic E-state index is -4.19. The number of sulfonamides is 1. The summed E-state index contributed by atoms with van der Waals surface area (Å²) in [6.45, 7) is 0. The average molecular weight is 294 g/mol. The normalized spacial score (nSPS) is 12.1. The Kier molecular flexibility index (Phi) is 3.92. The Morgan fingerprint density at radius 2 is 2.00 bits per heavy atom. The number of nitrogens with zero attached hydrogens (tertiary/aromatic N) is 1. The van der Waals surface area contributed by atoms with Crippen LogP contribution < -0.4 is 4.72 Å². The number of hydrogen-bond donors (Lipinski definition) is 2. The van der Waals surface area contributed by atoms with E-state index in [-0.39, 0.29) is 5.69 Å². The molecular weight excluding hydrogens is 284 g/mol. The Labute approximate surface area is 104 Å². The van der Waals surface area contributed by atoms with E-state index in [2.05, 4.69) is 4.98 Å². The summed E-state index contributed by atoms with van der Waals surface area (Å²) in [5.41, 5.74) is -0.789. The SMILES string of the molecule is CS(=O)(=O)CS(=O)(=O)Nc1cccnc1C(=O)O. The van der Waals surface area contributed by atoms with Gasteiger partial charge in [-0.15, -0.1) is 0 Å². The molecule has 10 heteroatoms. The summed E-state index contributed by atoms with van der Waals surface area (Å²) >= 11 is 0. The summed E-state index contributed by atoms with van der Waals surface area (Å²) < 4.78 is 46.6. The number of carboxylic acid groups (broad SMARTS) is 1. The van der Waals surface area contributed by atoms with Crippen LogP contribution in [-0.2, 0) is 19.9 Å². The minimum Gasteiger partial charge on any atom is -0.476 e. The lowest BCUT2D eigenvalue weighted by molar-refractivity contribution is 0.0692. The topological polar surface area (TPSA) is 130 Å². The highest BCUT2D eigenvalue weighted by atomic mass is 32.3. The van der Waals surface area contributed by atoms with Crippen molar-refractivity contribution < 1.29 is 26.7 Å². The van der Waals surface area contributed by atoms with Gasteiger partial charge >= 0.3 is 5.97 Å². The smallest absolute Gasteiger partial charge is 0.356 e. The molecule has 0 spiro atoms. The van der Waals surface area contributed by atoms with Crippen molar-refractivity contribution >= 4 is 31.5 Å². The molecule has 1 heterocycles. The van der Waals surface area contributed by atoms with Crippen LogP contribution in [-0.4, -0.2) is 44.2 Å². The Hall–Kier alpha value is -1.68. The van der Waals surface area contributed by atoms with E-state index in [1.165, 1.54) is 18.3 Å². The molecule has 18 heavy (non-hydrogen) atoms. The van der Waals surface area contributed by atoms with Crippen molar-refractivity contribution in [1.82, 2.24) is 4.98 Å². The zero-order chi connectivity index (χ0) is 14.0. The Bertz CT molecular complexity index is 665. The van der Waals surface area contributed by atoms with Crippen LogP contribution in [0.4, 0.5) is 5.69 Å². The third kappa shape index (κ3) is 4.30. The highest BCUT2D eigenvalue weighted by Gasteiger charge is 2.21. The molecule has 0 saturated carbocycles. The summed E-state index contributed by atoms with van der Waals surface area (Å²) in [5.74, 6) is -1.42. The maximum absolute atomic E-state index is 11.5. The molecule has 8 nitrogen and oxygen atoms in total. The minimum absolute atomic E-state index is 0.284. The molecule has 0 aliphatic carbocycles. The number of aromatic carboxylic acids is 1. The van der Waals surface area contributed by atoms with E-state index in [0.717, 1.165) is 6.26 Å². The third-order valence-electron chi connectivity index (χ3n) is 1.64. The van der Waals surface area contributed by atoms with E-state index in [1.54, 1.807) is 0 Å². The van der Waals surface area contributed by atoms with Crippen LogP contribution in [0.3, 0.4) is 0 Å². The van der Waals surface area contributed by atoms with Crippen molar-refractivity contribution in [2.45, 2.75) is 0 Å². The molecule has 0 aliphatic heterocycles. The molecule has 0 radical (unpaired) electrons. The van der Waals surface area contributed by atoms with Crippen LogP contribution in [0.1, 0.15) is 10.5 Å². The predicted molar refractivity (Wildman–Crippen MR) is 63.4 cm³/mol. The fourth-order valence-electron chi connectivity index (χ4n) is 1.14. The van der Waals surface area contributed by atoms with Gasteiger partial charge in [-0.3, -0.25) is 4.72 Å². The number of carboxylic acids is 1. The molecule has 0 unspecified atom stereocenters. The maximum Gasteiger partial charge on any atom is 0.356 e. The first kappa shape index (κ1) is 14.4. The third-order valence-corrected chi connectivity index (χ3v) is 5.13. The number of nitrogens with one attached hydrogen (secondary N) is 1. The highest BCUT2D eigenvalue weighted by molar-refractivity contribution is 8.08. The number of pyridine rings is 1. The van der Waals surface area contributed by atoms with Gasteiger partial charge in [0.2, 0.25) is 10.0 Å². The molecule has 0 saturated heterocycles. The molecular formula is C8H10N2O6S2. The molecule has 100 valence electrons. The van der Waals surface area contributed by atoms with Crippen molar-refractivity contribution in [3.63, 3.8) is 0 Å². The van der Waals surface area contributed by atoms with Crippen LogP contribution in [0, 0.1) is 0 Å². The van der Waals surface area contributed by atoms with Gasteiger partial charge in [0, 0.05) is 12.5 Å². The van der Waals surface area contributed by atoms with Gasteiger partial charge in [-0.05, 0) is 12.1 Å². The summed E-state index contributed by atoms with van der Waals surface area (Å²) in [6.07, 6.45) is 1.94. The number of hydrogen-bond acceptors (Lipinski definition) is 6. The fourth-order valence-corrected chi connectivity index (χ4v) is 4.13. The number of sulfone groups is 1. The van der Waals surface area contributed by atoms with Crippen LogP contribution in [0.15, 0.2) is 18.3 Å². The molecule has 1 aromatic heterocycles. The molecule has 0 aromatic carbocycles. The van der Waals surface area contributed by atoms with Gasteiger partial charge in [-0.1, -0.05) is 0 Å². The first-order valence-electron chi connectivity index (χ1n) is 4.47. The van der Waals surface area contributed by atoms with Crippen molar-refractivity contribution in [3.8, 4) is 0 Å². The molecule has 1 aromatic rings. The van der Waals surface area contributed by atoms with Crippen molar-refractivity contribution in [2.75, 3.05) is 16.1 Å². The van der Waals surface area contributed by atoms with Gasteiger partial charge < -0.3 is 5.11 Å². The Morgan fingerprint density at radius 3 is 2.50 bits per heavy atom. The van der Waals surface area contributed by atoms with Gasteiger partial charge in [0.25, 0.3) is 0 Å². The van der Waals surface area contributed by atoms with Gasteiger partial charge in [-0.25, -0.2) is 26.6 Å². The molecule has 0 bridgehead atoms. The van der Waals surface area contributed by atoms with Gasteiger partial charge in [0.1, 0.15) is 0 Å². The van der Waals surface area contributed by atoms with Gasteiger partial charge in [-0.2, -0.15) is 0 Å². The quantitative estimate of drug-likeness (QED) is 0.750. The highest BCUT2D eigenvalue weighted by Crippen LogP contribution is 2.14. The van der Waals surface area contributed by atoms with Crippen LogP contribution in [0.5, 0.6) is 0 Å². The predicted octanol–water partition coefficient (Wildman–Crippen LogP) is -0.476. The summed E-state index contributed by atoms with van der Waals surface area (Å²) in [5, 5.41) is 7.65. The second kappa shape index (κ2) is 4.90. The molecule has 0 aliphatic rings. The average Bonchev–Trinajstić information content (AvgIpc) is 2.13. The van der Waals surface area contributed by atoms with E-state index in [1.807, 2.05) is 4.72 Å². The van der Waals surface area contributed by atoms with E-state index in [0.29, 0.717) is 0 Å². The fraction of sp³-hybridized carbons (Fsp3) is 0.250. The largest absolute Gasteiger partial charge is 0.476 e. The number of aromatic nitrogens is 1. The van der Waals surface area contributed by atoms with E-state index >= 15 is 0 Å². The van der Waals surface area contributed by atoms with E-state index in [4.69, 9.17) is 5.11 Å².